The Labute approximate surface area is 113 Å². The average molecular weight is 267 g/mol. The summed E-state index contributed by atoms with van der Waals surface area (Å²) in [5, 5.41) is 3.93. The molecule has 0 heterocycles. The lowest BCUT2D eigenvalue weighted by Gasteiger charge is -2.41. The van der Waals surface area contributed by atoms with Crippen LogP contribution in [0.1, 0.15) is 32.6 Å². The molecule has 0 spiro atoms. The van der Waals surface area contributed by atoms with Crippen LogP contribution in [0.3, 0.4) is 0 Å². The van der Waals surface area contributed by atoms with E-state index in [0.29, 0.717) is 5.02 Å². The van der Waals surface area contributed by atoms with Crippen molar-refractivity contribution in [2.75, 3.05) is 5.32 Å². The fourth-order valence-corrected chi connectivity index (χ4v) is 2.95. The maximum absolute atomic E-state index is 11.9. The van der Waals surface area contributed by atoms with Crippen LogP contribution in [0.15, 0.2) is 24.3 Å². The van der Waals surface area contributed by atoms with Crippen LogP contribution >= 0.6 is 11.6 Å². The summed E-state index contributed by atoms with van der Waals surface area (Å²) < 4.78 is 0. The SMILES string of the molecule is CC1CCCCC1(Nc1ccccc1Cl)C(N)=O. The topological polar surface area (TPSA) is 55.1 Å². The van der Waals surface area contributed by atoms with E-state index in [0.717, 1.165) is 31.4 Å². The molecule has 2 rings (SSSR count). The van der Waals surface area contributed by atoms with E-state index in [1.54, 1.807) is 0 Å². The first-order valence-electron chi connectivity index (χ1n) is 6.39. The van der Waals surface area contributed by atoms with Crippen molar-refractivity contribution in [3.05, 3.63) is 29.3 Å². The molecule has 1 amide bonds. The Morgan fingerprint density at radius 1 is 1.44 bits per heavy atom. The van der Waals surface area contributed by atoms with E-state index >= 15 is 0 Å². The van der Waals surface area contributed by atoms with E-state index < -0.39 is 5.54 Å². The highest BCUT2D eigenvalue weighted by Crippen LogP contribution is 2.37. The minimum atomic E-state index is -0.663. The quantitative estimate of drug-likeness (QED) is 0.883. The Morgan fingerprint density at radius 2 is 2.17 bits per heavy atom. The zero-order valence-electron chi connectivity index (χ0n) is 10.6. The molecule has 18 heavy (non-hydrogen) atoms. The van der Waals surface area contributed by atoms with Crippen molar-refractivity contribution in [2.24, 2.45) is 11.7 Å². The summed E-state index contributed by atoms with van der Waals surface area (Å²) in [7, 11) is 0. The van der Waals surface area contributed by atoms with Crippen molar-refractivity contribution in [1.82, 2.24) is 0 Å². The second kappa shape index (κ2) is 5.19. The number of hydrogen-bond donors (Lipinski definition) is 2. The number of benzene rings is 1. The second-order valence-electron chi connectivity index (χ2n) is 5.09. The highest BCUT2D eigenvalue weighted by Gasteiger charge is 2.43. The van der Waals surface area contributed by atoms with Crippen molar-refractivity contribution in [3.8, 4) is 0 Å². The number of nitrogens with one attached hydrogen (secondary N) is 1. The minimum absolute atomic E-state index is 0.222. The van der Waals surface area contributed by atoms with Crippen molar-refractivity contribution in [3.63, 3.8) is 0 Å². The second-order valence-corrected chi connectivity index (χ2v) is 5.49. The molecule has 2 unspecified atom stereocenters. The maximum Gasteiger partial charge on any atom is 0.243 e. The molecular formula is C14H19ClN2O. The van der Waals surface area contributed by atoms with E-state index in [-0.39, 0.29) is 11.8 Å². The number of carbonyl (C=O) groups is 1. The molecule has 0 saturated heterocycles. The monoisotopic (exact) mass is 266 g/mol. The Kier molecular flexibility index (Phi) is 3.81. The van der Waals surface area contributed by atoms with Crippen LogP contribution in [0.5, 0.6) is 0 Å². The zero-order chi connectivity index (χ0) is 13.2. The first-order chi connectivity index (χ1) is 8.56. The van der Waals surface area contributed by atoms with Gasteiger partial charge in [0.15, 0.2) is 0 Å². The molecule has 3 N–H and O–H groups in total. The van der Waals surface area contributed by atoms with Gasteiger partial charge < -0.3 is 11.1 Å². The molecule has 0 bridgehead atoms. The third kappa shape index (κ3) is 2.32. The smallest absolute Gasteiger partial charge is 0.243 e. The van der Waals surface area contributed by atoms with Crippen LogP contribution in [0.25, 0.3) is 0 Å². The van der Waals surface area contributed by atoms with Gasteiger partial charge in [-0.25, -0.2) is 0 Å². The third-order valence-corrected chi connectivity index (χ3v) is 4.30. The van der Waals surface area contributed by atoms with Crippen molar-refractivity contribution in [1.29, 1.82) is 0 Å². The molecule has 1 aromatic carbocycles. The van der Waals surface area contributed by atoms with E-state index in [2.05, 4.69) is 12.2 Å². The summed E-state index contributed by atoms with van der Waals surface area (Å²) in [6.07, 6.45) is 3.96. The molecule has 2 atom stereocenters. The molecule has 0 aliphatic heterocycles. The van der Waals surface area contributed by atoms with Crippen LogP contribution in [-0.2, 0) is 4.79 Å². The molecule has 4 heteroatoms. The van der Waals surface area contributed by atoms with Crippen molar-refractivity contribution in [2.45, 2.75) is 38.1 Å². The molecule has 1 fully saturated rings. The van der Waals surface area contributed by atoms with Gasteiger partial charge in [0.2, 0.25) is 5.91 Å². The highest BCUT2D eigenvalue weighted by molar-refractivity contribution is 6.33. The van der Waals surface area contributed by atoms with Crippen LogP contribution in [0.4, 0.5) is 5.69 Å². The first kappa shape index (κ1) is 13.2. The van der Waals surface area contributed by atoms with E-state index in [1.807, 2.05) is 24.3 Å². The van der Waals surface area contributed by atoms with Crippen molar-refractivity contribution < 1.29 is 4.79 Å². The third-order valence-electron chi connectivity index (χ3n) is 3.97. The number of carbonyl (C=O) groups excluding carboxylic acids is 1. The van der Waals surface area contributed by atoms with Gasteiger partial charge in [0, 0.05) is 0 Å². The first-order valence-corrected chi connectivity index (χ1v) is 6.76. The number of rotatable bonds is 3. The fourth-order valence-electron chi connectivity index (χ4n) is 2.76. The van der Waals surface area contributed by atoms with Gasteiger partial charge >= 0.3 is 0 Å². The summed E-state index contributed by atoms with van der Waals surface area (Å²) in [4.78, 5) is 11.9. The predicted octanol–water partition coefficient (Wildman–Crippen LogP) is 3.19. The highest BCUT2D eigenvalue weighted by atomic mass is 35.5. The number of para-hydroxylation sites is 1. The number of hydrogen-bond acceptors (Lipinski definition) is 2. The molecule has 98 valence electrons. The van der Waals surface area contributed by atoms with Gasteiger partial charge in [0.05, 0.1) is 10.7 Å². The predicted molar refractivity (Wildman–Crippen MR) is 74.6 cm³/mol. The standard InChI is InChI=1S/C14H19ClN2O/c1-10-6-4-5-9-14(10,13(16)18)17-12-8-3-2-7-11(12)15/h2-3,7-8,10,17H,4-6,9H2,1H3,(H2,16,18). The fraction of sp³-hybridized carbons (Fsp3) is 0.500. The maximum atomic E-state index is 11.9. The summed E-state index contributed by atoms with van der Waals surface area (Å²) in [6, 6.07) is 7.46. The average Bonchev–Trinajstić information content (AvgIpc) is 2.34. The minimum Gasteiger partial charge on any atom is -0.370 e. The lowest BCUT2D eigenvalue weighted by molar-refractivity contribution is -0.124. The van der Waals surface area contributed by atoms with Gasteiger partial charge in [0.1, 0.15) is 5.54 Å². The molecule has 1 aliphatic carbocycles. The van der Waals surface area contributed by atoms with E-state index in [1.165, 1.54) is 0 Å². The number of primary amides is 1. The Bertz CT molecular complexity index is 449. The summed E-state index contributed by atoms with van der Waals surface area (Å²) in [5.74, 6) is -0.0605. The molecule has 1 aliphatic rings. The normalized spacial score (nSPS) is 27.8. The van der Waals surface area contributed by atoms with Crippen molar-refractivity contribution >= 4 is 23.2 Å². The Balaban J connectivity index is 2.32. The number of amides is 1. The molecular weight excluding hydrogens is 248 g/mol. The molecule has 0 radical (unpaired) electrons. The van der Waals surface area contributed by atoms with Gasteiger partial charge in [-0.2, -0.15) is 0 Å². The van der Waals surface area contributed by atoms with Crippen LogP contribution in [-0.4, -0.2) is 11.4 Å². The summed E-state index contributed by atoms with van der Waals surface area (Å²) in [6.45, 7) is 2.08. The lowest BCUT2D eigenvalue weighted by Crippen LogP contribution is -2.56. The molecule has 0 aromatic heterocycles. The Hall–Kier alpha value is -1.22. The van der Waals surface area contributed by atoms with Gasteiger partial charge in [-0.05, 0) is 30.9 Å². The van der Waals surface area contributed by atoms with E-state index in [4.69, 9.17) is 17.3 Å². The lowest BCUT2D eigenvalue weighted by atomic mass is 9.73. The summed E-state index contributed by atoms with van der Waals surface area (Å²) >= 11 is 6.14. The number of anilines is 1. The number of halogens is 1. The van der Waals surface area contributed by atoms with Gasteiger partial charge in [-0.15, -0.1) is 0 Å². The molecule has 1 aromatic rings. The summed E-state index contributed by atoms with van der Waals surface area (Å²) in [5.41, 5.74) is 5.77. The van der Waals surface area contributed by atoms with Crippen LogP contribution in [0, 0.1) is 5.92 Å². The zero-order valence-corrected chi connectivity index (χ0v) is 11.3. The van der Waals surface area contributed by atoms with Gasteiger partial charge in [0.25, 0.3) is 0 Å². The largest absolute Gasteiger partial charge is 0.370 e. The molecule has 1 saturated carbocycles. The van der Waals surface area contributed by atoms with Crippen LogP contribution < -0.4 is 11.1 Å². The number of nitrogens with two attached hydrogens (primary N) is 1. The Morgan fingerprint density at radius 3 is 2.78 bits per heavy atom. The molecule has 3 nitrogen and oxygen atoms in total. The van der Waals surface area contributed by atoms with E-state index in [9.17, 15) is 4.79 Å². The van der Waals surface area contributed by atoms with Gasteiger partial charge in [-0.1, -0.05) is 43.5 Å². The van der Waals surface area contributed by atoms with Crippen LogP contribution in [0.2, 0.25) is 5.02 Å². The van der Waals surface area contributed by atoms with Gasteiger partial charge in [-0.3, -0.25) is 4.79 Å².